The molecule has 4 heteroatoms. The van der Waals surface area contributed by atoms with E-state index in [4.69, 9.17) is 0 Å². The van der Waals surface area contributed by atoms with E-state index in [1.165, 1.54) is 0 Å². The van der Waals surface area contributed by atoms with Crippen molar-refractivity contribution in [2.75, 3.05) is 11.4 Å². The Morgan fingerprint density at radius 1 is 1.00 bits per heavy atom. The quantitative estimate of drug-likeness (QED) is 0.845. The Morgan fingerprint density at radius 3 is 2.36 bits per heavy atom. The Labute approximate surface area is 148 Å². The summed E-state index contributed by atoms with van der Waals surface area (Å²) in [7, 11) is 0. The first-order chi connectivity index (χ1) is 11.9. The van der Waals surface area contributed by atoms with Crippen LogP contribution in [0.4, 0.5) is 10.5 Å². The molecule has 0 radical (unpaired) electrons. The van der Waals surface area contributed by atoms with Gasteiger partial charge in [0, 0.05) is 17.8 Å². The smallest absolute Gasteiger partial charge is 0.294 e. The second kappa shape index (κ2) is 6.71. The van der Waals surface area contributed by atoms with E-state index in [1.807, 2.05) is 36.4 Å². The molecule has 25 heavy (non-hydrogen) atoms. The molecular formula is C21H24N2O2. The monoisotopic (exact) mass is 336 g/mol. The molecule has 3 amide bonds. The highest BCUT2D eigenvalue weighted by molar-refractivity contribution is 6.09. The molecule has 2 aromatic carbocycles. The molecule has 2 aromatic rings. The van der Waals surface area contributed by atoms with Crippen LogP contribution < -0.4 is 10.2 Å². The number of para-hydroxylation sites is 1. The van der Waals surface area contributed by atoms with E-state index < -0.39 is 0 Å². The molecule has 1 aliphatic heterocycles. The predicted molar refractivity (Wildman–Crippen MR) is 100 cm³/mol. The third kappa shape index (κ3) is 3.73. The van der Waals surface area contributed by atoms with Gasteiger partial charge in [-0.05, 0) is 47.6 Å². The molecule has 0 saturated carbocycles. The molecule has 0 aliphatic carbocycles. The average molecular weight is 336 g/mol. The van der Waals surface area contributed by atoms with Crippen molar-refractivity contribution in [2.24, 2.45) is 0 Å². The number of nitrogens with one attached hydrogen (secondary N) is 1. The first-order valence-corrected chi connectivity index (χ1v) is 8.67. The molecule has 0 aromatic heterocycles. The highest BCUT2D eigenvalue weighted by atomic mass is 16.2. The molecule has 0 bridgehead atoms. The number of amides is 3. The van der Waals surface area contributed by atoms with Gasteiger partial charge in [-0.25, -0.2) is 4.79 Å². The number of hydrogen-bond donors (Lipinski definition) is 1. The summed E-state index contributed by atoms with van der Waals surface area (Å²) in [6.07, 6.45) is 1.86. The molecule has 0 atom stereocenters. The maximum absolute atomic E-state index is 12.6. The Kier molecular flexibility index (Phi) is 4.62. The van der Waals surface area contributed by atoms with Gasteiger partial charge in [0.1, 0.15) is 0 Å². The van der Waals surface area contributed by atoms with Crippen LogP contribution >= 0.6 is 0 Å². The van der Waals surface area contributed by atoms with Crippen molar-refractivity contribution in [3.8, 4) is 0 Å². The predicted octanol–water partition coefficient (Wildman–Crippen LogP) is 4.29. The number of imide groups is 1. The van der Waals surface area contributed by atoms with Crippen LogP contribution in [0.1, 0.15) is 48.7 Å². The lowest BCUT2D eigenvalue weighted by molar-refractivity contribution is 0.0965. The molecule has 0 spiro atoms. The van der Waals surface area contributed by atoms with Crippen molar-refractivity contribution < 1.29 is 9.59 Å². The fourth-order valence-corrected chi connectivity index (χ4v) is 3.10. The molecule has 130 valence electrons. The highest BCUT2D eigenvalue weighted by Crippen LogP contribution is 2.26. The number of urea groups is 1. The molecule has 0 saturated heterocycles. The van der Waals surface area contributed by atoms with E-state index in [0.717, 1.165) is 29.7 Å². The van der Waals surface area contributed by atoms with Gasteiger partial charge < -0.3 is 0 Å². The van der Waals surface area contributed by atoms with E-state index in [1.54, 1.807) is 17.0 Å². The summed E-state index contributed by atoms with van der Waals surface area (Å²) < 4.78 is 0. The maximum Gasteiger partial charge on any atom is 0.328 e. The Bertz CT molecular complexity index is 788. The van der Waals surface area contributed by atoms with Crippen LogP contribution in [-0.2, 0) is 11.8 Å². The fraction of sp³-hybridized carbons (Fsp3) is 0.333. The number of benzene rings is 2. The van der Waals surface area contributed by atoms with Gasteiger partial charge in [-0.1, -0.05) is 51.1 Å². The average Bonchev–Trinajstić information content (AvgIpc) is 2.60. The lowest BCUT2D eigenvalue weighted by Crippen LogP contribution is -2.45. The number of fused-ring (bicyclic) bond motifs is 1. The number of aryl methyl sites for hydroxylation is 1. The van der Waals surface area contributed by atoms with Gasteiger partial charge in [0.2, 0.25) is 0 Å². The summed E-state index contributed by atoms with van der Waals surface area (Å²) in [4.78, 5) is 26.6. The van der Waals surface area contributed by atoms with Crippen molar-refractivity contribution in [2.45, 2.75) is 39.0 Å². The SMILES string of the molecule is CC(C)(C)c1ccc(C(=O)NC(=O)N2CCCc3ccccc32)cc1. The normalized spacial score (nSPS) is 14.0. The summed E-state index contributed by atoms with van der Waals surface area (Å²) in [5, 5.41) is 2.51. The molecule has 1 heterocycles. The van der Waals surface area contributed by atoms with Gasteiger partial charge in [0.15, 0.2) is 0 Å². The van der Waals surface area contributed by atoms with Crippen LogP contribution in [0.15, 0.2) is 48.5 Å². The number of anilines is 1. The molecule has 3 rings (SSSR count). The zero-order valence-electron chi connectivity index (χ0n) is 15.0. The minimum absolute atomic E-state index is 0.0301. The fourth-order valence-electron chi connectivity index (χ4n) is 3.10. The minimum atomic E-state index is -0.367. The summed E-state index contributed by atoms with van der Waals surface area (Å²) in [6, 6.07) is 14.9. The lowest BCUT2D eigenvalue weighted by atomic mass is 9.87. The second-order valence-corrected chi connectivity index (χ2v) is 7.47. The third-order valence-electron chi connectivity index (χ3n) is 4.59. The number of nitrogens with zero attached hydrogens (tertiary/aromatic N) is 1. The van der Waals surface area contributed by atoms with E-state index in [9.17, 15) is 9.59 Å². The summed E-state index contributed by atoms with van der Waals surface area (Å²) in [6.45, 7) is 7.00. The van der Waals surface area contributed by atoms with E-state index in [0.29, 0.717) is 12.1 Å². The zero-order valence-corrected chi connectivity index (χ0v) is 15.0. The van der Waals surface area contributed by atoms with Crippen LogP contribution in [0.25, 0.3) is 0 Å². The standard InChI is InChI=1S/C21H24N2O2/c1-21(2,3)17-12-10-16(11-13-17)19(24)22-20(25)23-14-6-8-15-7-4-5-9-18(15)23/h4-5,7,9-13H,6,8,14H2,1-3H3,(H,22,24,25). The lowest BCUT2D eigenvalue weighted by Gasteiger charge is -2.29. The summed E-state index contributed by atoms with van der Waals surface area (Å²) in [5.41, 5.74) is 3.71. The molecule has 0 fully saturated rings. The van der Waals surface area contributed by atoms with Crippen LogP contribution in [0.5, 0.6) is 0 Å². The number of carbonyl (C=O) groups is 2. The maximum atomic E-state index is 12.6. The van der Waals surface area contributed by atoms with Crippen LogP contribution in [0, 0.1) is 0 Å². The highest BCUT2D eigenvalue weighted by Gasteiger charge is 2.24. The Balaban J connectivity index is 1.72. The minimum Gasteiger partial charge on any atom is -0.294 e. The van der Waals surface area contributed by atoms with Crippen LogP contribution in [-0.4, -0.2) is 18.5 Å². The van der Waals surface area contributed by atoms with Gasteiger partial charge in [-0.3, -0.25) is 15.0 Å². The van der Waals surface area contributed by atoms with E-state index in [-0.39, 0.29) is 17.4 Å². The Morgan fingerprint density at radius 2 is 1.68 bits per heavy atom. The number of carbonyl (C=O) groups excluding carboxylic acids is 2. The topological polar surface area (TPSA) is 49.4 Å². The van der Waals surface area contributed by atoms with Crippen molar-refractivity contribution in [3.63, 3.8) is 0 Å². The van der Waals surface area contributed by atoms with Crippen molar-refractivity contribution in [1.29, 1.82) is 0 Å². The van der Waals surface area contributed by atoms with Crippen LogP contribution in [0.3, 0.4) is 0 Å². The van der Waals surface area contributed by atoms with Gasteiger partial charge in [0.05, 0.1) is 0 Å². The van der Waals surface area contributed by atoms with Gasteiger partial charge in [0.25, 0.3) is 5.91 Å². The third-order valence-corrected chi connectivity index (χ3v) is 4.59. The van der Waals surface area contributed by atoms with E-state index >= 15 is 0 Å². The van der Waals surface area contributed by atoms with E-state index in [2.05, 4.69) is 26.1 Å². The van der Waals surface area contributed by atoms with Gasteiger partial charge >= 0.3 is 6.03 Å². The summed E-state index contributed by atoms with van der Waals surface area (Å²) in [5.74, 6) is -0.367. The number of rotatable bonds is 1. The second-order valence-electron chi connectivity index (χ2n) is 7.47. The van der Waals surface area contributed by atoms with Crippen molar-refractivity contribution in [1.82, 2.24) is 5.32 Å². The molecule has 1 aliphatic rings. The molecule has 4 nitrogen and oxygen atoms in total. The van der Waals surface area contributed by atoms with Crippen molar-refractivity contribution in [3.05, 3.63) is 65.2 Å². The zero-order chi connectivity index (χ0) is 18.0. The van der Waals surface area contributed by atoms with Gasteiger partial charge in [-0.2, -0.15) is 0 Å². The Hall–Kier alpha value is -2.62. The number of hydrogen-bond acceptors (Lipinski definition) is 2. The molecule has 0 unspecified atom stereocenters. The first kappa shape index (κ1) is 17.2. The summed E-state index contributed by atoms with van der Waals surface area (Å²) >= 11 is 0. The van der Waals surface area contributed by atoms with Gasteiger partial charge in [-0.15, -0.1) is 0 Å². The van der Waals surface area contributed by atoms with Crippen LogP contribution in [0.2, 0.25) is 0 Å². The first-order valence-electron chi connectivity index (χ1n) is 8.67. The largest absolute Gasteiger partial charge is 0.328 e. The molecule has 1 N–H and O–H groups in total. The van der Waals surface area contributed by atoms with Crippen molar-refractivity contribution >= 4 is 17.6 Å². The molecular weight excluding hydrogens is 312 g/mol.